The third-order valence-electron chi connectivity index (χ3n) is 1.89. The predicted molar refractivity (Wildman–Crippen MR) is 51.9 cm³/mol. The molecule has 0 heterocycles. The van der Waals surface area contributed by atoms with Gasteiger partial charge in [-0.05, 0) is 0 Å². The van der Waals surface area contributed by atoms with Gasteiger partial charge in [0, 0.05) is 27.3 Å². The zero-order valence-electron chi connectivity index (χ0n) is 9.20. The first-order chi connectivity index (χ1) is 6.65. The zero-order valence-corrected chi connectivity index (χ0v) is 9.20. The van der Waals surface area contributed by atoms with Gasteiger partial charge in [0.1, 0.15) is 0 Å². The van der Waals surface area contributed by atoms with Gasteiger partial charge < -0.3 is 19.5 Å². The molecule has 0 aliphatic rings. The lowest BCUT2D eigenvalue weighted by Crippen LogP contribution is -2.34. The second-order valence-corrected chi connectivity index (χ2v) is 2.98. The van der Waals surface area contributed by atoms with Gasteiger partial charge in [-0.3, -0.25) is 4.79 Å². The molecule has 1 atom stereocenters. The zero-order chi connectivity index (χ0) is 11.0. The molecule has 14 heavy (non-hydrogen) atoms. The number of hydrogen-bond acceptors (Lipinski definition) is 5. The number of rotatable bonds is 7. The molecule has 0 amide bonds. The average molecular weight is 205 g/mol. The molecule has 1 N–H and O–H groups in total. The van der Waals surface area contributed by atoms with E-state index < -0.39 is 0 Å². The molecule has 0 bridgehead atoms. The fraction of sp³-hybridized carbons (Fsp3) is 0.889. The van der Waals surface area contributed by atoms with Crippen LogP contribution in [0.4, 0.5) is 0 Å². The van der Waals surface area contributed by atoms with Gasteiger partial charge in [-0.2, -0.15) is 0 Å². The van der Waals surface area contributed by atoms with E-state index in [-0.39, 0.29) is 18.2 Å². The van der Waals surface area contributed by atoms with Crippen LogP contribution < -0.4 is 5.32 Å². The Morgan fingerprint density at radius 1 is 1.21 bits per heavy atom. The van der Waals surface area contributed by atoms with E-state index >= 15 is 0 Å². The van der Waals surface area contributed by atoms with Crippen molar-refractivity contribution in [2.45, 2.75) is 13.2 Å². The Morgan fingerprint density at radius 2 is 1.79 bits per heavy atom. The lowest BCUT2D eigenvalue weighted by molar-refractivity contribution is -0.144. The van der Waals surface area contributed by atoms with Crippen molar-refractivity contribution in [1.82, 2.24) is 5.32 Å². The van der Waals surface area contributed by atoms with Gasteiger partial charge in [0.25, 0.3) is 0 Å². The maximum Gasteiger partial charge on any atom is 0.309 e. The quantitative estimate of drug-likeness (QED) is 0.468. The van der Waals surface area contributed by atoms with Crippen LogP contribution >= 0.6 is 0 Å². The van der Waals surface area contributed by atoms with Crippen LogP contribution in [0.3, 0.4) is 0 Å². The SMILES string of the molecule is COC(=O)[C@@H](C)CNCC(OC)OC. The second-order valence-electron chi connectivity index (χ2n) is 2.98. The van der Waals surface area contributed by atoms with E-state index in [1.165, 1.54) is 7.11 Å². The van der Waals surface area contributed by atoms with E-state index in [0.717, 1.165) is 0 Å². The molecule has 0 aromatic rings. The highest BCUT2D eigenvalue weighted by Gasteiger charge is 2.13. The Kier molecular flexibility index (Phi) is 7.37. The van der Waals surface area contributed by atoms with Gasteiger partial charge in [0.05, 0.1) is 13.0 Å². The molecule has 0 radical (unpaired) electrons. The lowest BCUT2D eigenvalue weighted by atomic mass is 10.2. The van der Waals surface area contributed by atoms with Crippen molar-refractivity contribution in [3.63, 3.8) is 0 Å². The largest absolute Gasteiger partial charge is 0.469 e. The Hall–Kier alpha value is -0.650. The Bertz CT molecular complexity index is 159. The molecule has 0 aliphatic carbocycles. The highest BCUT2D eigenvalue weighted by atomic mass is 16.7. The normalized spacial score (nSPS) is 12.9. The second kappa shape index (κ2) is 7.73. The van der Waals surface area contributed by atoms with Crippen LogP contribution in [0, 0.1) is 5.92 Å². The molecule has 0 aliphatic heterocycles. The fourth-order valence-electron chi connectivity index (χ4n) is 0.965. The van der Waals surface area contributed by atoms with Crippen LogP contribution in [0.15, 0.2) is 0 Å². The fourth-order valence-corrected chi connectivity index (χ4v) is 0.965. The van der Waals surface area contributed by atoms with Crippen LogP contribution in [-0.2, 0) is 19.0 Å². The molecule has 0 fully saturated rings. The Labute approximate surface area is 84.7 Å². The predicted octanol–water partition coefficient (Wildman–Crippen LogP) is 0.00400. The number of nitrogens with one attached hydrogen (secondary N) is 1. The minimum Gasteiger partial charge on any atom is -0.469 e. The third-order valence-corrected chi connectivity index (χ3v) is 1.89. The monoisotopic (exact) mass is 205 g/mol. The lowest BCUT2D eigenvalue weighted by Gasteiger charge is -2.15. The van der Waals surface area contributed by atoms with E-state index in [1.807, 2.05) is 0 Å². The molecule has 0 rings (SSSR count). The van der Waals surface area contributed by atoms with Crippen LogP contribution in [0.5, 0.6) is 0 Å². The van der Waals surface area contributed by atoms with Crippen molar-refractivity contribution in [2.24, 2.45) is 5.92 Å². The summed E-state index contributed by atoms with van der Waals surface area (Å²) in [5, 5.41) is 3.05. The van der Waals surface area contributed by atoms with Gasteiger partial charge in [-0.25, -0.2) is 0 Å². The van der Waals surface area contributed by atoms with Gasteiger partial charge in [-0.15, -0.1) is 0 Å². The maximum absolute atomic E-state index is 11.0. The average Bonchev–Trinajstić information content (AvgIpc) is 2.22. The Morgan fingerprint density at radius 3 is 2.21 bits per heavy atom. The van der Waals surface area contributed by atoms with Gasteiger partial charge in [-0.1, -0.05) is 6.92 Å². The highest BCUT2D eigenvalue weighted by Crippen LogP contribution is 1.95. The molecule has 84 valence electrons. The smallest absolute Gasteiger partial charge is 0.309 e. The van der Waals surface area contributed by atoms with Crippen molar-refractivity contribution < 1.29 is 19.0 Å². The number of methoxy groups -OCH3 is 3. The van der Waals surface area contributed by atoms with E-state index in [2.05, 4.69) is 10.1 Å². The summed E-state index contributed by atoms with van der Waals surface area (Å²) in [6.45, 7) is 2.90. The van der Waals surface area contributed by atoms with Crippen molar-refractivity contribution in [2.75, 3.05) is 34.4 Å². The topological polar surface area (TPSA) is 56.8 Å². The maximum atomic E-state index is 11.0. The van der Waals surface area contributed by atoms with E-state index in [0.29, 0.717) is 13.1 Å². The number of carbonyl (C=O) groups excluding carboxylic acids is 1. The first kappa shape index (κ1) is 13.4. The number of ether oxygens (including phenoxy) is 3. The molecule has 5 heteroatoms. The van der Waals surface area contributed by atoms with Crippen molar-refractivity contribution in [1.29, 1.82) is 0 Å². The molecular formula is C9H19NO4. The minimum absolute atomic E-state index is 0.158. The molecule has 0 saturated carbocycles. The molecule has 5 nitrogen and oxygen atoms in total. The molecule has 0 aromatic heterocycles. The highest BCUT2D eigenvalue weighted by molar-refractivity contribution is 5.71. The molecular weight excluding hydrogens is 186 g/mol. The molecule has 0 unspecified atom stereocenters. The van der Waals surface area contributed by atoms with Crippen LogP contribution in [0.1, 0.15) is 6.92 Å². The van der Waals surface area contributed by atoms with E-state index in [9.17, 15) is 4.79 Å². The summed E-state index contributed by atoms with van der Waals surface area (Å²) in [5.74, 6) is -0.377. The third kappa shape index (κ3) is 5.16. The van der Waals surface area contributed by atoms with Gasteiger partial charge in [0.2, 0.25) is 0 Å². The van der Waals surface area contributed by atoms with E-state index in [4.69, 9.17) is 9.47 Å². The van der Waals surface area contributed by atoms with Crippen LogP contribution in [0.25, 0.3) is 0 Å². The summed E-state index contributed by atoms with van der Waals surface area (Å²) in [7, 11) is 4.52. The first-order valence-corrected chi connectivity index (χ1v) is 4.49. The summed E-state index contributed by atoms with van der Waals surface area (Å²) in [6, 6.07) is 0. The van der Waals surface area contributed by atoms with E-state index in [1.54, 1.807) is 21.1 Å². The first-order valence-electron chi connectivity index (χ1n) is 4.49. The van der Waals surface area contributed by atoms with Crippen molar-refractivity contribution >= 4 is 5.97 Å². The summed E-state index contributed by atoms with van der Waals surface area (Å²) in [4.78, 5) is 11.0. The summed E-state index contributed by atoms with van der Waals surface area (Å²) in [6.07, 6.45) is -0.278. The molecule has 0 saturated heterocycles. The minimum atomic E-state index is -0.278. The Balaban J connectivity index is 3.57. The molecule has 0 aromatic carbocycles. The number of esters is 1. The number of carbonyl (C=O) groups is 1. The van der Waals surface area contributed by atoms with Gasteiger partial charge in [0.15, 0.2) is 6.29 Å². The number of hydrogen-bond donors (Lipinski definition) is 1. The summed E-state index contributed by atoms with van der Waals surface area (Å²) < 4.78 is 14.5. The van der Waals surface area contributed by atoms with Gasteiger partial charge >= 0.3 is 5.97 Å². The van der Waals surface area contributed by atoms with Crippen molar-refractivity contribution in [3.05, 3.63) is 0 Å². The molecule has 0 spiro atoms. The standard InChI is InChI=1S/C9H19NO4/c1-7(9(11)14-4)5-10-6-8(12-2)13-3/h7-8,10H,5-6H2,1-4H3/t7-/m0/s1. The van der Waals surface area contributed by atoms with Crippen LogP contribution in [0.2, 0.25) is 0 Å². The van der Waals surface area contributed by atoms with Crippen LogP contribution in [-0.4, -0.2) is 46.7 Å². The summed E-state index contributed by atoms with van der Waals surface area (Å²) >= 11 is 0. The summed E-state index contributed by atoms with van der Waals surface area (Å²) in [5.41, 5.74) is 0. The van der Waals surface area contributed by atoms with Crippen molar-refractivity contribution in [3.8, 4) is 0 Å².